The van der Waals surface area contributed by atoms with Gasteiger partial charge in [0.25, 0.3) is 0 Å². The molecule has 120 valence electrons. The van der Waals surface area contributed by atoms with Crippen LogP contribution in [0.5, 0.6) is 5.75 Å². The first-order valence-corrected chi connectivity index (χ1v) is 8.18. The van der Waals surface area contributed by atoms with Crippen LogP contribution < -0.4 is 10.1 Å². The first-order valence-electron chi connectivity index (χ1n) is 8.18. The lowest BCUT2D eigenvalue weighted by atomic mass is 9.90. The summed E-state index contributed by atoms with van der Waals surface area (Å²) in [6, 6.07) is 8.04. The number of hydrogen-bond acceptors (Lipinski definition) is 4. The number of ether oxygens (including phenoxy) is 1. The second-order valence-electron chi connectivity index (χ2n) is 6.25. The smallest absolute Gasteiger partial charge is 0.410 e. The van der Waals surface area contributed by atoms with Gasteiger partial charge in [-0.2, -0.15) is 0 Å². The standard InChI is InChI=1S/C17H25N3O2/c1-19-10-12-20(13-11-19)17(21)22-16-4-2-14(3-5-16)15-6-8-18-9-7-15/h2-5,15,18H,6-13H2,1H3. The highest BCUT2D eigenvalue weighted by atomic mass is 16.6. The summed E-state index contributed by atoms with van der Waals surface area (Å²) < 4.78 is 5.49. The fourth-order valence-corrected chi connectivity index (χ4v) is 3.12. The zero-order chi connectivity index (χ0) is 15.4. The lowest BCUT2D eigenvalue weighted by Crippen LogP contribution is -2.48. The molecule has 0 atom stereocenters. The van der Waals surface area contributed by atoms with Crippen LogP contribution in [0.2, 0.25) is 0 Å². The average molecular weight is 303 g/mol. The summed E-state index contributed by atoms with van der Waals surface area (Å²) in [6.07, 6.45) is 2.13. The molecular weight excluding hydrogens is 278 g/mol. The largest absolute Gasteiger partial charge is 0.415 e. The fraction of sp³-hybridized carbons (Fsp3) is 0.588. The van der Waals surface area contributed by atoms with Crippen LogP contribution in [0.3, 0.4) is 0 Å². The van der Waals surface area contributed by atoms with Gasteiger partial charge in [0.2, 0.25) is 0 Å². The van der Waals surface area contributed by atoms with E-state index in [1.807, 2.05) is 12.1 Å². The van der Waals surface area contributed by atoms with Crippen molar-refractivity contribution in [1.82, 2.24) is 15.1 Å². The molecule has 0 aromatic heterocycles. The van der Waals surface area contributed by atoms with E-state index in [1.165, 1.54) is 18.4 Å². The molecule has 2 saturated heterocycles. The Kier molecular flexibility index (Phi) is 4.95. The minimum absolute atomic E-state index is 0.234. The number of hydrogen-bond donors (Lipinski definition) is 1. The van der Waals surface area contributed by atoms with E-state index in [2.05, 4.69) is 29.4 Å². The lowest BCUT2D eigenvalue weighted by Gasteiger charge is -2.31. The van der Waals surface area contributed by atoms with Crippen LogP contribution in [-0.4, -0.2) is 62.2 Å². The molecule has 2 heterocycles. The molecule has 0 bridgehead atoms. The van der Waals surface area contributed by atoms with Gasteiger partial charge in [-0.05, 0) is 56.6 Å². The number of rotatable bonds is 2. The molecule has 3 rings (SSSR count). The Labute approximate surface area is 132 Å². The van der Waals surface area contributed by atoms with Crippen molar-refractivity contribution in [3.8, 4) is 5.75 Å². The number of piperidine rings is 1. The highest BCUT2D eigenvalue weighted by Crippen LogP contribution is 2.26. The molecule has 5 nitrogen and oxygen atoms in total. The van der Waals surface area contributed by atoms with Crippen LogP contribution in [0.25, 0.3) is 0 Å². The highest BCUT2D eigenvalue weighted by molar-refractivity contribution is 5.70. The monoisotopic (exact) mass is 303 g/mol. The molecule has 0 saturated carbocycles. The van der Waals surface area contributed by atoms with E-state index >= 15 is 0 Å². The summed E-state index contributed by atoms with van der Waals surface area (Å²) in [5.41, 5.74) is 1.35. The van der Waals surface area contributed by atoms with E-state index < -0.39 is 0 Å². The summed E-state index contributed by atoms with van der Waals surface area (Å²) in [5, 5.41) is 3.38. The first kappa shape index (κ1) is 15.3. The van der Waals surface area contributed by atoms with Crippen molar-refractivity contribution in [1.29, 1.82) is 0 Å². The van der Waals surface area contributed by atoms with Gasteiger partial charge in [0.05, 0.1) is 0 Å². The van der Waals surface area contributed by atoms with Gasteiger partial charge in [0, 0.05) is 26.2 Å². The van der Waals surface area contributed by atoms with Gasteiger partial charge >= 0.3 is 6.09 Å². The van der Waals surface area contributed by atoms with Gasteiger partial charge in [-0.15, -0.1) is 0 Å². The van der Waals surface area contributed by atoms with E-state index in [1.54, 1.807) is 4.90 Å². The van der Waals surface area contributed by atoms with Crippen LogP contribution in [0, 0.1) is 0 Å². The fourth-order valence-electron chi connectivity index (χ4n) is 3.12. The topological polar surface area (TPSA) is 44.8 Å². The maximum Gasteiger partial charge on any atom is 0.415 e. The van der Waals surface area contributed by atoms with E-state index in [0.717, 1.165) is 39.3 Å². The van der Waals surface area contributed by atoms with Gasteiger partial charge in [-0.1, -0.05) is 12.1 Å². The molecule has 0 unspecified atom stereocenters. The van der Waals surface area contributed by atoms with E-state index in [-0.39, 0.29) is 6.09 Å². The van der Waals surface area contributed by atoms with Crippen molar-refractivity contribution in [3.05, 3.63) is 29.8 Å². The molecule has 2 fully saturated rings. The number of nitrogens with zero attached hydrogens (tertiary/aromatic N) is 2. The second kappa shape index (κ2) is 7.11. The number of likely N-dealkylation sites (N-methyl/N-ethyl adjacent to an activating group) is 1. The van der Waals surface area contributed by atoms with Crippen LogP contribution in [0.1, 0.15) is 24.3 Å². The molecule has 22 heavy (non-hydrogen) atoms. The third kappa shape index (κ3) is 3.78. The normalized spacial score (nSPS) is 20.9. The predicted octanol–water partition coefficient (Wildman–Crippen LogP) is 1.90. The Hall–Kier alpha value is -1.59. The Morgan fingerprint density at radius 1 is 1.09 bits per heavy atom. The number of benzene rings is 1. The first-order chi connectivity index (χ1) is 10.7. The number of carbonyl (C=O) groups excluding carboxylic acids is 1. The minimum Gasteiger partial charge on any atom is -0.410 e. The van der Waals surface area contributed by atoms with Crippen molar-refractivity contribution in [3.63, 3.8) is 0 Å². The maximum atomic E-state index is 12.1. The van der Waals surface area contributed by atoms with Gasteiger partial charge < -0.3 is 19.9 Å². The van der Waals surface area contributed by atoms with Gasteiger partial charge in [0.15, 0.2) is 0 Å². The molecule has 0 aliphatic carbocycles. The lowest BCUT2D eigenvalue weighted by molar-refractivity contribution is 0.120. The van der Waals surface area contributed by atoms with Crippen LogP contribution >= 0.6 is 0 Å². The summed E-state index contributed by atoms with van der Waals surface area (Å²) in [4.78, 5) is 16.1. The van der Waals surface area contributed by atoms with Crippen molar-refractivity contribution in [2.24, 2.45) is 0 Å². The van der Waals surface area contributed by atoms with Crippen molar-refractivity contribution < 1.29 is 9.53 Å². The molecular formula is C17H25N3O2. The summed E-state index contributed by atoms with van der Waals surface area (Å²) >= 11 is 0. The third-order valence-corrected chi connectivity index (χ3v) is 4.66. The van der Waals surface area contributed by atoms with Gasteiger partial charge in [-0.3, -0.25) is 0 Å². The van der Waals surface area contributed by atoms with Crippen molar-refractivity contribution >= 4 is 6.09 Å². The van der Waals surface area contributed by atoms with Gasteiger partial charge in [0.1, 0.15) is 5.75 Å². The Morgan fingerprint density at radius 3 is 2.36 bits per heavy atom. The second-order valence-corrected chi connectivity index (χ2v) is 6.25. The van der Waals surface area contributed by atoms with Crippen LogP contribution in [0.15, 0.2) is 24.3 Å². The Balaban J connectivity index is 1.55. The van der Waals surface area contributed by atoms with Crippen molar-refractivity contribution in [2.45, 2.75) is 18.8 Å². The van der Waals surface area contributed by atoms with Crippen LogP contribution in [-0.2, 0) is 0 Å². The SMILES string of the molecule is CN1CCN(C(=O)Oc2ccc(C3CCNCC3)cc2)CC1. The van der Waals surface area contributed by atoms with Crippen LogP contribution in [0.4, 0.5) is 4.79 Å². The van der Waals surface area contributed by atoms with Crippen molar-refractivity contribution in [2.75, 3.05) is 46.3 Å². The molecule has 0 radical (unpaired) electrons. The third-order valence-electron chi connectivity index (χ3n) is 4.66. The average Bonchev–Trinajstić information content (AvgIpc) is 2.57. The molecule has 1 aromatic rings. The zero-order valence-corrected chi connectivity index (χ0v) is 13.3. The molecule has 2 aliphatic rings. The number of carbonyl (C=O) groups is 1. The highest BCUT2D eigenvalue weighted by Gasteiger charge is 2.21. The molecule has 1 amide bonds. The Morgan fingerprint density at radius 2 is 1.73 bits per heavy atom. The van der Waals surface area contributed by atoms with Gasteiger partial charge in [-0.25, -0.2) is 4.79 Å². The summed E-state index contributed by atoms with van der Waals surface area (Å²) in [5.74, 6) is 1.27. The predicted molar refractivity (Wildman–Crippen MR) is 86.4 cm³/mol. The number of nitrogens with one attached hydrogen (secondary N) is 1. The molecule has 2 aliphatic heterocycles. The van der Waals surface area contributed by atoms with E-state index in [4.69, 9.17) is 4.74 Å². The molecule has 0 spiro atoms. The molecule has 1 N–H and O–H groups in total. The minimum atomic E-state index is -0.234. The summed E-state index contributed by atoms with van der Waals surface area (Å²) in [6.45, 7) is 5.47. The zero-order valence-electron chi connectivity index (χ0n) is 13.3. The quantitative estimate of drug-likeness (QED) is 0.906. The van der Waals surface area contributed by atoms with E-state index in [9.17, 15) is 4.79 Å². The Bertz CT molecular complexity index is 489. The maximum absolute atomic E-state index is 12.1. The number of piperazine rings is 1. The molecule has 5 heteroatoms. The molecule has 1 aromatic carbocycles. The summed E-state index contributed by atoms with van der Waals surface area (Å²) in [7, 11) is 2.07. The number of amides is 1. The van der Waals surface area contributed by atoms with E-state index in [0.29, 0.717) is 11.7 Å².